The van der Waals surface area contributed by atoms with Crippen LogP contribution in [0.25, 0.3) is 16.7 Å². The van der Waals surface area contributed by atoms with Crippen LogP contribution in [-0.2, 0) is 4.74 Å². The Labute approximate surface area is 165 Å². The number of nitrogens with zero attached hydrogens (tertiary/aromatic N) is 7. The molecular weight excluding hydrogens is 372 g/mol. The highest BCUT2D eigenvalue weighted by Crippen LogP contribution is 2.25. The standard InChI is InChI=1S/C19H18N8O2/c1-12-22-14-9-20-7-5-13(14)19(23-12)24-15-10-29-11-16(15)27-18(28)4-3-17(25-27)26-8-2-6-21-26/h2-9,15-16H,10-11H2,1H3,(H,22,23,24). The fourth-order valence-electron chi connectivity index (χ4n) is 3.48. The van der Waals surface area contributed by atoms with E-state index in [-0.39, 0.29) is 17.6 Å². The Morgan fingerprint density at radius 2 is 2.10 bits per heavy atom. The summed E-state index contributed by atoms with van der Waals surface area (Å²) in [4.78, 5) is 25.6. The molecule has 4 aromatic heterocycles. The summed E-state index contributed by atoms with van der Waals surface area (Å²) in [6.07, 6.45) is 6.85. The zero-order valence-corrected chi connectivity index (χ0v) is 15.6. The molecule has 0 saturated carbocycles. The van der Waals surface area contributed by atoms with Crippen LogP contribution in [0.5, 0.6) is 0 Å². The molecule has 2 atom stereocenters. The Kier molecular flexibility index (Phi) is 4.24. The van der Waals surface area contributed by atoms with Crippen molar-refractivity contribution in [1.82, 2.24) is 34.5 Å². The molecule has 2 unspecified atom stereocenters. The lowest BCUT2D eigenvalue weighted by atomic mass is 10.1. The number of nitrogens with one attached hydrogen (secondary N) is 1. The van der Waals surface area contributed by atoms with Crippen LogP contribution in [-0.4, -0.2) is 53.8 Å². The van der Waals surface area contributed by atoms with E-state index in [1.165, 1.54) is 10.7 Å². The molecule has 1 fully saturated rings. The predicted molar refractivity (Wildman–Crippen MR) is 105 cm³/mol. The van der Waals surface area contributed by atoms with Crippen LogP contribution < -0.4 is 10.9 Å². The summed E-state index contributed by atoms with van der Waals surface area (Å²) in [7, 11) is 0. The summed E-state index contributed by atoms with van der Waals surface area (Å²) < 4.78 is 8.76. The van der Waals surface area contributed by atoms with E-state index in [4.69, 9.17) is 4.74 Å². The molecule has 4 aromatic rings. The van der Waals surface area contributed by atoms with Crippen molar-refractivity contribution in [3.05, 3.63) is 65.2 Å². The lowest BCUT2D eigenvalue weighted by Gasteiger charge is -2.22. The number of anilines is 1. The van der Waals surface area contributed by atoms with Gasteiger partial charge in [-0.25, -0.2) is 19.3 Å². The fourth-order valence-corrected chi connectivity index (χ4v) is 3.48. The fraction of sp³-hybridized carbons (Fsp3) is 0.263. The summed E-state index contributed by atoms with van der Waals surface area (Å²) in [5, 5.41) is 13.0. The van der Waals surface area contributed by atoms with E-state index in [0.717, 1.165) is 10.9 Å². The zero-order chi connectivity index (χ0) is 19.8. The van der Waals surface area contributed by atoms with Gasteiger partial charge in [0, 0.05) is 30.0 Å². The highest BCUT2D eigenvalue weighted by Gasteiger charge is 2.32. The van der Waals surface area contributed by atoms with Crippen LogP contribution in [0.15, 0.2) is 53.8 Å². The number of aryl methyl sites for hydroxylation is 1. The molecule has 0 bridgehead atoms. The SMILES string of the molecule is Cc1nc(NC2COCC2n2nc(-n3cccn3)ccc2=O)c2ccncc2n1. The third-order valence-electron chi connectivity index (χ3n) is 4.85. The number of aromatic nitrogens is 7. The maximum Gasteiger partial charge on any atom is 0.267 e. The molecule has 146 valence electrons. The van der Waals surface area contributed by atoms with Gasteiger partial charge >= 0.3 is 0 Å². The van der Waals surface area contributed by atoms with E-state index < -0.39 is 0 Å². The van der Waals surface area contributed by atoms with E-state index in [1.54, 1.807) is 41.6 Å². The van der Waals surface area contributed by atoms with Crippen molar-refractivity contribution in [1.29, 1.82) is 0 Å². The van der Waals surface area contributed by atoms with E-state index in [0.29, 0.717) is 30.7 Å². The molecule has 0 aromatic carbocycles. The number of hydrogen-bond donors (Lipinski definition) is 1. The third-order valence-corrected chi connectivity index (χ3v) is 4.85. The molecule has 1 N–H and O–H groups in total. The van der Waals surface area contributed by atoms with Gasteiger partial charge in [0.1, 0.15) is 17.7 Å². The molecular formula is C19H18N8O2. The Morgan fingerprint density at radius 1 is 1.17 bits per heavy atom. The topological polar surface area (TPSA) is 113 Å². The normalized spacial score (nSPS) is 18.9. The highest BCUT2D eigenvalue weighted by atomic mass is 16.5. The number of rotatable bonds is 4. The number of ether oxygens (including phenoxy) is 1. The first-order valence-electron chi connectivity index (χ1n) is 9.21. The average Bonchev–Trinajstić information content (AvgIpc) is 3.41. The van der Waals surface area contributed by atoms with Crippen LogP contribution in [0.2, 0.25) is 0 Å². The Balaban J connectivity index is 1.51. The quantitative estimate of drug-likeness (QED) is 0.552. The molecule has 1 saturated heterocycles. The minimum Gasteiger partial charge on any atom is -0.377 e. The van der Waals surface area contributed by atoms with Gasteiger partial charge in [0.05, 0.1) is 31.0 Å². The first kappa shape index (κ1) is 17.4. The van der Waals surface area contributed by atoms with Crippen molar-refractivity contribution < 1.29 is 4.74 Å². The molecule has 5 heterocycles. The van der Waals surface area contributed by atoms with Crippen molar-refractivity contribution in [2.45, 2.75) is 19.0 Å². The van der Waals surface area contributed by atoms with Gasteiger partial charge in [-0.1, -0.05) is 0 Å². The first-order valence-corrected chi connectivity index (χ1v) is 9.21. The summed E-state index contributed by atoms with van der Waals surface area (Å²) in [5.41, 5.74) is 0.560. The Bertz CT molecular complexity index is 1220. The number of fused-ring (bicyclic) bond motifs is 1. The summed E-state index contributed by atoms with van der Waals surface area (Å²) in [5.74, 6) is 1.89. The van der Waals surface area contributed by atoms with Gasteiger partial charge in [-0.2, -0.15) is 5.10 Å². The molecule has 10 heteroatoms. The van der Waals surface area contributed by atoms with Gasteiger partial charge in [0.15, 0.2) is 5.82 Å². The lowest BCUT2D eigenvalue weighted by Crippen LogP contribution is -2.37. The average molecular weight is 390 g/mol. The predicted octanol–water partition coefficient (Wildman–Crippen LogP) is 1.13. The zero-order valence-electron chi connectivity index (χ0n) is 15.6. The van der Waals surface area contributed by atoms with Crippen LogP contribution in [0.3, 0.4) is 0 Å². The number of hydrogen-bond acceptors (Lipinski definition) is 8. The lowest BCUT2D eigenvalue weighted by molar-refractivity contribution is 0.182. The van der Waals surface area contributed by atoms with Crippen LogP contribution in [0, 0.1) is 6.92 Å². The van der Waals surface area contributed by atoms with Crippen LogP contribution >= 0.6 is 0 Å². The molecule has 10 nitrogen and oxygen atoms in total. The molecule has 0 amide bonds. The molecule has 0 aliphatic carbocycles. The van der Waals surface area contributed by atoms with Gasteiger partial charge in [0.2, 0.25) is 0 Å². The third kappa shape index (κ3) is 3.23. The molecule has 1 aliphatic rings. The second kappa shape index (κ2) is 7.06. The van der Waals surface area contributed by atoms with Crippen LogP contribution in [0.4, 0.5) is 5.82 Å². The molecule has 0 spiro atoms. The van der Waals surface area contributed by atoms with E-state index >= 15 is 0 Å². The Hall–Kier alpha value is -3.66. The van der Waals surface area contributed by atoms with E-state index in [1.807, 2.05) is 13.0 Å². The van der Waals surface area contributed by atoms with Crippen molar-refractivity contribution in [2.24, 2.45) is 0 Å². The Morgan fingerprint density at radius 3 is 2.97 bits per heavy atom. The summed E-state index contributed by atoms with van der Waals surface area (Å²) >= 11 is 0. The monoisotopic (exact) mass is 390 g/mol. The maximum absolute atomic E-state index is 12.5. The second-order valence-electron chi connectivity index (χ2n) is 6.79. The van der Waals surface area contributed by atoms with E-state index in [2.05, 4.69) is 30.5 Å². The summed E-state index contributed by atoms with van der Waals surface area (Å²) in [6, 6.07) is 6.35. The molecule has 1 aliphatic heterocycles. The molecule has 5 rings (SSSR count). The summed E-state index contributed by atoms with van der Waals surface area (Å²) in [6.45, 7) is 2.64. The van der Waals surface area contributed by atoms with Crippen molar-refractivity contribution in [3.63, 3.8) is 0 Å². The van der Waals surface area contributed by atoms with Gasteiger partial charge in [-0.05, 0) is 25.1 Å². The van der Waals surface area contributed by atoms with Crippen LogP contribution in [0.1, 0.15) is 11.9 Å². The number of pyridine rings is 1. The van der Waals surface area contributed by atoms with Crippen molar-refractivity contribution in [2.75, 3.05) is 18.5 Å². The highest BCUT2D eigenvalue weighted by molar-refractivity contribution is 5.88. The maximum atomic E-state index is 12.5. The van der Waals surface area contributed by atoms with Gasteiger partial charge < -0.3 is 10.1 Å². The molecule has 0 radical (unpaired) electrons. The van der Waals surface area contributed by atoms with Gasteiger partial charge in [-0.15, -0.1) is 5.10 Å². The smallest absolute Gasteiger partial charge is 0.267 e. The van der Waals surface area contributed by atoms with Crippen molar-refractivity contribution in [3.8, 4) is 5.82 Å². The first-order chi connectivity index (χ1) is 14.2. The van der Waals surface area contributed by atoms with Gasteiger partial charge in [-0.3, -0.25) is 9.78 Å². The second-order valence-corrected chi connectivity index (χ2v) is 6.79. The van der Waals surface area contributed by atoms with Crippen molar-refractivity contribution >= 4 is 16.7 Å². The van der Waals surface area contributed by atoms with Gasteiger partial charge in [0.25, 0.3) is 5.56 Å². The van der Waals surface area contributed by atoms with E-state index in [9.17, 15) is 4.79 Å². The minimum absolute atomic E-state index is 0.182. The largest absolute Gasteiger partial charge is 0.377 e. The minimum atomic E-state index is -0.287. The molecule has 29 heavy (non-hydrogen) atoms.